The van der Waals surface area contributed by atoms with Gasteiger partial charge in [0.25, 0.3) is 0 Å². The summed E-state index contributed by atoms with van der Waals surface area (Å²) in [5.74, 6) is 0.645. The lowest BCUT2D eigenvalue weighted by molar-refractivity contribution is -0.127. The van der Waals surface area contributed by atoms with E-state index in [9.17, 15) is 9.59 Å². The fraction of sp³-hybridized carbons (Fsp3) is 0.467. The van der Waals surface area contributed by atoms with Gasteiger partial charge < -0.3 is 19.0 Å². The van der Waals surface area contributed by atoms with Crippen molar-refractivity contribution in [2.75, 3.05) is 26.2 Å². The molecule has 0 spiro atoms. The zero-order valence-corrected chi connectivity index (χ0v) is 11.7. The van der Waals surface area contributed by atoms with Crippen LogP contribution in [0.25, 0.3) is 6.08 Å². The molecular formula is C15H18N2O4. The molecule has 3 heterocycles. The first-order valence-corrected chi connectivity index (χ1v) is 7.18. The molecular weight excluding hydrogens is 272 g/mol. The number of hydrogen-bond acceptors (Lipinski definition) is 4. The number of carbonyl (C=O) groups excluding carboxylic acids is 2. The van der Waals surface area contributed by atoms with Gasteiger partial charge in [-0.2, -0.15) is 0 Å². The Morgan fingerprint density at radius 3 is 2.71 bits per heavy atom. The van der Waals surface area contributed by atoms with Crippen LogP contribution in [0.15, 0.2) is 28.9 Å². The van der Waals surface area contributed by atoms with E-state index in [2.05, 4.69) is 0 Å². The number of amides is 2. The van der Waals surface area contributed by atoms with Crippen LogP contribution in [-0.2, 0) is 9.53 Å². The van der Waals surface area contributed by atoms with Crippen LogP contribution < -0.4 is 0 Å². The molecule has 0 N–H and O–H groups in total. The molecule has 0 unspecified atom stereocenters. The number of hydrogen-bond donors (Lipinski definition) is 0. The lowest BCUT2D eigenvalue weighted by Gasteiger charge is -2.35. The first-order chi connectivity index (χ1) is 10.2. The van der Waals surface area contributed by atoms with E-state index in [-0.39, 0.29) is 18.0 Å². The van der Waals surface area contributed by atoms with E-state index >= 15 is 0 Å². The second-order valence-electron chi connectivity index (χ2n) is 5.21. The smallest absolute Gasteiger partial charge is 0.410 e. The fourth-order valence-electron chi connectivity index (χ4n) is 2.78. The van der Waals surface area contributed by atoms with Gasteiger partial charge in [0.1, 0.15) is 12.4 Å². The normalized spacial score (nSPS) is 20.3. The van der Waals surface area contributed by atoms with Gasteiger partial charge in [-0.05, 0) is 31.1 Å². The van der Waals surface area contributed by atoms with Crippen LogP contribution in [0.1, 0.15) is 18.6 Å². The second kappa shape index (κ2) is 6.03. The van der Waals surface area contributed by atoms with Crippen LogP contribution in [-0.4, -0.2) is 54.1 Å². The third kappa shape index (κ3) is 3.09. The molecule has 1 aromatic rings. The summed E-state index contributed by atoms with van der Waals surface area (Å²) in [6.45, 7) is 2.46. The second-order valence-corrected chi connectivity index (χ2v) is 5.21. The van der Waals surface area contributed by atoms with E-state index in [0.717, 1.165) is 12.8 Å². The molecule has 21 heavy (non-hydrogen) atoms. The van der Waals surface area contributed by atoms with E-state index in [1.165, 1.54) is 6.08 Å². The number of piperidine rings is 1. The lowest BCUT2D eigenvalue weighted by atomic mass is 10.0. The van der Waals surface area contributed by atoms with Gasteiger partial charge in [-0.1, -0.05) is 0 Å². The molecule has 0 atom stereocenters. The minimum Gasteiger partial charge on any atom is -0.465 e. The summed E-state index contributed by atoms with van der Waals surface area (Å²) in [5.41, 5.74) is 0. The van der Waals surface area contributed by atoms with Gasteiger partial charge in [0.2, 0.25) is 5.91 Å². The van der Waals surface area contributed by atoms with E-state index in [1.54, 1.807) is 34.3 Å². The Morgan fingerprint density at radius 2 is 2.10 bits per heavy atom. The van der Waals surface area contributed by atoms with Gasteiger partial charge in [0.05, 0.1) is 12.8 Å². The van der Waals surface area contributed by atoms with Crippen molar-refractivity contribution >= 4 is 18.1 Å². The van der Waals surface area contributed by atoms with Crippen molar-refractivity contribution in [2.24, 2.45) is 0 Å². The van der Waals surface area contributed by atoms with Crippen LogP contribution in [0.4, 0.5) is 4.79 Å². The van der Waals surface area contributed by atoms with Crippen molar-refractivity contribution in [1.82, 2.24) is 9.80 Å². The van der Waals surface area contributed by atoms with Gasteiger partial charge in [0.15, 0.2) is 0 Å². The average molecular weight is 290 g/mol. The summed E-state index contributed by atoms with van der Waals surface area (Å²) in [6.07, 6.45) is 6.16. The Balaban J connectivity index is 1.51. The summed E-state index contributed by atoms with van der Waals surface area (Å²) in [6, 6.07) is 3.78. The van der Waals surface area contributed by atoms with Crippen LogP contribution in [0.2, 0.25) is 0 Å². The Kier molecular flexibility index (Phi) is 3.94. The monoisotopic (exact) mass is 290 g/mol. The number of rotatable bonds is 3. The van der Waals surface area contributed by atoms with Crippen molar-refractivity contribution in [1.29, 1.82) is 0 Å². The largest absolute Gasteiger partial charge is 0.465 e. The molecule has 0 aromatic carbocycles. The molecule has 0 saturated carbocycles. The molecule has 0 radical (unpaired) electrons. The summed E-state index contributed by atoms with van der Waals surface area (Å²) < 4.78 is 10.1. The van der Waals surface area contributed by atoms with Crippen LogP contribution in [0.5, 0.6) is 0 Å². The number of likely N-dealkylation sites (tertiary alicyclic amines) is 1. The summed E-state index contributed by atoms with van der Waals surface area (Å²) in [7, 11) is 0. The Morgan fingerprint density at radius 1 is 1.29 bits per heavy atom. The molecule has 6 nitrogen and oxygen atoms in total. The van der Waals surface area contributed by atoms with Crippen molar-refractivity contribution in [3.8, 4) is 0 Å². The number of ether oxygens (including phenoxy) is 1. The highest BCUT2D eigenvalue weighted by Crippen LogP contribution is 2.20. The molecule has 2 aliphatic heterocycles. The minimum absolute atomic E-state index is 0.0196. The van der Waals surface area contributed by atoms with E-state index < -0.39 is 0 Å². The van der Waals surface area contributed by atoms with E-state index in [1.807, 2.05) is 0 Å². The third-order valence-electron chi connectivity index (χ3n) is 3.94. The molecule has 6 heteroatoms. The van der Waals surface area contributed by atoms with Crippen LogP contribution in [0.3, 0.4) is 0 Å². The standard InChI is InChI=1S/C15H18N2O4/c18-14(4-3-13-2-1-10-20-13)16-7-5-12(6-8-16)17-9-11-21-15(17)19/h1-4,10,12H,5-9,11H2. The first-order valence-electron chi connectivity index (χ1n) is 7.18. The predicted molar refractivity (Wildman–Crippen MR) is 75.4 cm³/mol. The summed E-state index contributed by atoms with van der Waals surface area (Å²) in [5, 5.41) is 0. The highest BCUT2D eigenvalue weighted by atomic mass is 16.6. The molecule has 0 bridgehead atoms. The molecule has 3 rings (SSSR count). The van der Waals surface area contributed by atoms with Crippen LogP contribution in [0, 0.1) is 0 Å². The number of cyclic esters (lactones) is 1. The van der Waals surface area contributed by atoms with Gasteiger partial charge in [0, 0.05) is 25.2 Å². The van der Waals surface area contributed by atoms with Gasteiger partial charge in [-0.3, -0.25) is 4.79 Å². The maximum Gasteiger partial charge on any atom is 0.410 e. The fourth-order valence-corrected chi connectivity index (χ4v) is 2.78. The molecule has 0 aliphatic carbocycles. The molecule has 2 aliphatic rings. The van der Waals surface area contributed by atoms with Crippen molar-refractivity contribution < 1.29 is 18.7 Å². The highest BCUT2D eigenvalue weighted by molar-refractivity contribution is 5.91. The Bertz CT molecular complexity index is 530. The quantitative estimate of drug-likeness (QED) is 0.795. The van der Waals surface area contributed by atoms with Gasteiger partial charge in [-0.15, -0.1) is 0 Å². The molecule has 2 amide bonds. The lowest BCUT2D eigenvalue weighted by Crippen LogP contribution is -2.46. The van der Waals surface area contributed by atoms with Crippen molar-refractivity contribution in [3.05, 3.63) is 30.2 Å². The third-order valence-corrected chi connectivity index (χ3v) is 3.94. The predicted octanol–water partition coefficient (Wildman–Crippen LogP) is 1.74. The number of furan rings is 1. The van der Waals surface area contributed by atoms with E-state index in [0.29, 0.717) is 32.0 Å². The number of nitrogens with zero attached hydrogens (tertiary/aromatic N) is 2. The zero-order valence-electron chi connectivity index (χ0n) is 11.7. The summed E-state index contributed by atoms with van der Waals surface area (Å²) in [4.78, 5) is 27.2. The Hall–Kier alpha value is -2.24. The van der Waals surface area contributed by atoms with Gasteiger partial charge in [-0.25, -0.2) is 4.79 Å². The Labute approximate surface area is 122 Å². The zero-order chi connectivity index (χ0) is 14.7. The van der Waals surface area contributed by atoms with Crippen molar-refractivity contribution in [2.45, 2.75) is 18.9 Å². The SMILES string of the molecule is O=C(C=Cc1ccco1)N1CCC(N2CCOC2=O)CC1. The van der Waals surface area contributed by atoms with E-state index in [4.69, 9.17) is 9.15 Å². The maximum atomic E-state index is 12.1. The molecule has 2 saturated heterocycles. The molecule has 1 aromatic heterocycles. The average Bonchev–Trinajstić information content (AvgIpc) is 3.16. The molecule has 112 valence electrons. The highest BCUT2D eigenvalue weighted by Gasteiger charge is 2.32. The van der Waals surface area contributed by atoms with Crippen LogP contribution >= 0.6 is 0 Å². The minimum atomic E-state index is -0.225. The topological polar surface area (TPSA) is 63.0 Å². The maximum absolute atomic E-state index is 12.1. The van der Waals surface area contributed by atoms with Crippen molar-refractivity contribution in [3.63, 3.8) is 0 Å². The number of carbonyl (C=O) groups is 2. The van der Waals surface area contributed by atoms with Gasteiger partial charge >= 0.3 is 6.09 Å². The first kappa shape index (κ1) is 13.7. The molecule has 2 fully saturated rings. The summed E-state index contributed by atoms with van der Waals surface area (Å²) >= 11 is 0.